The Morgan fingerprint density at radius 3 is 1.09 bits per heavy atom. The highest BCUT2D eigenvalue weighted by Crippen LogP contribution is 2.17. The van der Waals surface area contributed by atoms with Gasteiger partial charge in [0.2, 0.25) is 0 Å². The normalized spacial score (nSPS) is 12.4. The van der Waals surface area contributed by atoms with E-state index in [4.69, 9.17) is 14.2 Å². The van der Waals surface area contributed by atoms with Gasteiger partial charge in [0.15, 0.2) is 0 Å². The van der Waals surface area contributed by atoms with E-state index in [1.54, 1.807) is 0 Å². The van der Waals surface area contributed by atoms with E-state index >= 15 is 0 Å². The monoisotopic (exact) mass is 330 g/mol. The van der Waals surface area contributed by atoms with E-state index in [0.29, 0.717) is 52.5 Å². The fraction of sp³-hybridized carbons (Fsp3) is 0.889. The van der Waals surface area contributed by atoms with Gasteiger partial charge >= 0.3 is 0 Å². The highest BCUT2D eigenvalue weighted by Gasteiger charge is 2.20. The number of Topliss-reactive ketones (excluding diaryl/α,β-unsaturated/α-hetero) is 2. The Balaban J connectivity index is 3.35. The van der Waals surface area contributed by atoms with Gasteiger partial charge in [0.05, 0.1) is 39.6 Å². The second kappa shape index (κ2) is 10.9. The van der Waals surface area contributed by atoms with Gasteiger partial charge in [-0.05, 0) is 0 Å². The van der Waals surface area contributed by atoms with Gasteiger partial charge in [-0.2, -0.15) is 0 Å². The largest absolute Gasteiger partial charge is 0.379 e. The first-order valence-corrected chi connectivity index (χ1v) is 8.35. The summed E-state index contributed by atoms with van der Waals surface area (Å²) in [6, 6.07) is 0. The first-order valence-electron chi connectivity index (χ1n) is 8.35. The minimum absolute atomic E-state index is 0.205. The Hall–Kier alpha value is -0.780. The molecule has 0 aliphatic carbocycles. The van der Waals surface area contributed by atoms with Gasteiger partial charge in [0.25, 0.3) is 0 Å². The first-order chi connectivity index (χ1) is 10.5. The van der Waals surface area contributed by atoms with Crippen LogP contribution < -0.4 is 0 Å². The SMILES string of the molecule is CC(C)(C)C(=O)CCOCCOCCOCCC(=O)C(C)(C)C. The van der Waals surface area contributed by atoms with Crippen LogP contribution in [0.1, 0.15) is 54.4 Å². The van der Waals surface area contributed by atoms with E-state index in [-0.39, 0.29) is 22.4 Å². The van der Waals surface area contributed by atoms with Crippen molar-refractivity contribution in [2.75, 3.05) is 39.6 Å². The number of ketones is 2. The summed E-state index contributed by atoms with van der Waals surface area (Å²) in [7, 11) is 0. The van der Waals surface area contributed by atoms with Gasteiger partial charge in [-0.1, -0.05) is 41.5 Å². The van der Waals surface area contributed by atoms with Crippen molar-refractivity contribution in [3.63, 3.8) is 0 Å². The van der Waals surface area contributed by atoms with E-state index < -0.39 is 0 Å². The molecule has 5 heteroatoms. The number of rotatable bonds is 12. The molecule has 0 atom stereocenters. The molecule has 0 aromatic heterocycles. The molecule has 0 radical (unpaired) electrons. The van der Waals surface area contributed by atoms with Gasteiger partial charge < -0.3 is 14.2 Å². The van der Waals surface area contributed by atoms with Crippen LogP contribution in [0.2, 0.25) is 0 Å². The average molecular weight is 330 g/mol. The van der Waals surface area contributed by atoms with Crippen LogP contribution in [0.25, 0.3) is 0 Å². The van der Waals surface area contributed by atoms with Crippen LogP contribution in [0.5, 0.6) is 0 Å². The van der Waals surface area contributed by atoms with Crippen LogP contribution in [0, 0.1) is 10.8 Å². The molecule has 0 saturated carbocycles. The summed E-state index contributed by atoms with van der Waals surface area (Å²) >= 11 is 0. The molecule has 0 bridgehead atoms. The molecule has 0 N–H and O–H groups in total. The van der Waals surface area contributed by atoms with E-state index in [9.17, 15) is 9.59 Å². The maximum atomic E-state index is 11.7. The number of carbonyl (C=O) groups excluding carboxylic acids is 2. The molecule has 0 saturated heterocycles. The zero-order valence-electron chi connectivity index (χ0n) is 15.7. The van der Waals surface area contributed by atoms with Crippen LogP contribution in [-0.4, -0.2) is 51.2 Å². The van der Waals surface area contributed by atoms with Crippen molar-refractivity contribution in [3.05, 3.63) is 0 Å². The number of hydrogen-bond acceptors (Lipinski definition) is 5. The van der Waals surface area contributed by atoms with E-state index in [2.05, 4.69) is 0 Å². The molecule has 0 amide bonds. The maximum Gasteiger partial charge on any atom is 0.140 e. The molecule has 0 aliphatic heterocycles. The molecular formula is C18H34O5. The van der Waals surface area contributed by atoms with Crippen molar-refractivity contribution in [1.82, 2.24) is 0 Å². The van der Waals surface area contributed by atoms with Crippen LogP contribution in [0.4, 0.5) is 0 Å². The van der Waals surface area contributed by atoms with E-state index in [1.165, 1.54) is 0 Å². The molecule has 0 fully saturated rings. The van der Waals surface area contributed by atoms with Crippen molar-refractivity contribution in [2.45, 2.75) is 54.4 Å². The Kier molecular flexibility index (Phi) is 10.5. The van der Waals surface area contributed by atoms with Crippen LogP contribution in [0.3, 0.4) is 0 Å². The Bertz CT molecular complexity index is 315. The lowest BCUT2D eigenvalue weighted by atomic mass is 9.89. The molecule has 136 valence electrons. The smallest absolute Gasteiger partial charge is 0.140 e. The molecular weight excluding hydrogens is 296 g/mol. The van der Waals surface area contributed by atoms with Crippen LogP contribution in [-0.2, 0) is 23.8 Å². The first kappa shape index (κ1) is 22.2. The molecule has 0 aromatic rings. The fourth-order valence-electron chi connectivity index (χ4n) is 1.62. The van der Waals surface area contributed by atoms with Crippen LogP contribution >= 0.6 is 0 Å². The summed E-state index contributed by atoms with van der Waals surface area (Å²) in [5.74, 6) is 0.410. The van der Waals surface area contributed by atoms with Crippen LogP contribution in [0.15, 0.2) is 0 Å². The number of hydrogen-bond donors (Lipinski definition) is 0. The summed E-state index contributed by atoms with van der Waals surface area (Å²) in [5.41, 5.74) is -0.600. The summed E-state index contributed by atoms with van der Waals surface area (Å²) in [6.45, 7) is 14.2. The predicted molar refractivity (Wildman–Crippen MR) is 90.6 cm³/mol. The highest BCUT2D eigenvalue weighted by molar-refractivity contribution is 5.84. The number of ether oxygens (including phenoxy) is 3. The highest BCUT2D eigenvalue weighted by atomic mass is 16.5. The van der Waals surface area contributed by atoms with Crippen molar-refractivity contribution in [3.8, 4) is 0 Å². The summed E-state index contributed by atoms with van der Waals surface area (Å²) in [6.07, 6.45) is 0.878. The molecule has 0 aliphatic rings. The molecule has 5 nitrogen and oxygen atoms in total. The second-order valence-electron chi connectivity index (χ2n) is 7.68. The zero-order chi connectivity index (χ0) is 17.9. The third-order valence-electron chi connectivity index (χ3n) is 3.36. The predicted octanol–water partition coefficient (Wildman–Crippen LogP) is 3.05. The van der Waals surface area contributed by atoms with Crippen molar-refractivity contribution in [1.29, 1.82) is 0 Å². The molecule has 0 spiro atoms. The quantitative estimate of drug-likeness (QED) is 0.515. The van der Waals surface area contributed by atoms with Crippen molar-refractivity contribution < 1.29 is 23.8 Å². The molecule has 0 heterocycles. The number of carbonyl (C=O) groups is 2. The lowest BCUT2D eigenvalue weighted by Crippen LogP contribution is -2.22. The minimum atomic E-state index is -0.300. The van der Waals surface area contributed by atoms with E-state index in [1.807, 2.05) is 41.5 Å². The lowest BCUT2D eigenvalue weighted by molar-refractivity contribution is -0.128. The Labute approximate surface area is 141 Å². The van der Waals surface area contributed by atoms with Gasteiger partial charge in [-0.15, -0.1) is 0 Å². The van der Waals surface area contributed by atoms with Crippen molar-refractivity contribution >= 4 is 11.6 Å². The fourth-order valence-corrected chi connectivity index (χ4v) is 1.62. The van der Waals surface area contributed by atoms with Gasteiger partial charge in [-0.3, -0.25) is 9.59 Å². The molecule has 23 heavy (non-hydrogen) atoms. The van der Waals surface area contributed by atoms with Gasteiger partial charge in [0.1, 0.15) is 11.6 Å². The van der Waals surface area contributed by atoms with E-state index in [0.717, 1.165) is 0 Å². The minimum Gasteiger partial charge on any atom is -0.379 e. The molecule has 0 unspecified atom stereocenters. The van der Waals surface area contributed by atoms with Crippen molar-refractivity contribution in [2.24, 2.45) is 10.8 Å². The summed E-state index contributed by atoms with van der Waals surface area (Å²) < 4.78 is 16.1. The van der Waals surface area contributed by atoms with Gasteiger partial charge in [0, 0.05) is 23.7 Å². The standard InChI is InChI=1S/C18H34O5/c1-17(2,3)15(19)7-9-21-11-13-23-14-12-22-10-8-16(20)18(4,5)6/h7-14H2,1-6H3. The second-order valence-corrected chi connectivity index (χ2v) is 7.68. The third kappa shape index (κ3) is 12.3. The maximum absolute atomic E-state index is 11.7. The third-order valence-corrected chi connectivity index (χ3v) is 3.36. The summed E-state index contributed by atoms with van der Waals surface area (Å²) in [4.78, 5) is 23.3. The Morgan fingerprint density at radius 2 is 0.826 bits per heavy atom. The average Bonchev–Trinajstić information content (AvgIpc) is 2.42. The molecule has 0 aromatic carbocycles. The molecule has 0 rings (SSSR count). The lowest BCUT2D eigenvalue weighted by Gasteiger charge is -2.16. The zero-order valence-corrected chi connectivity index (χ0v) is 15.7. The Morgan fingerprint density at radius 1 is 0.565 bits per heavy atom. The summed E-state index contributed by atoms with van der Waals surface area (Å²) in [5, 5.41) is 0. The van der Waals surface area contributed by atoms with Gasteiger partial charge in [-0.25, -0.2) is 0 Å². The topological polar surface area (TPSA) is 61.8 Å².